The van der Waals surface area contributed by atoms with Crippen molar-refractivity contribution in [2.75, 3.05) is 14.2 Å². The summed E-state index contributed by atoms with van der Waals surface area (Å²) >= 11 is 12.7. The molecule has 1 N–H and O–H groups in total. The molecule has 2 amide bonds. The molecule has 0 aliphatic heterocycles. The van der Waals surface area contributed by atoms with Crippen molar-refractivity contribution in [2.45, 2.75) is 25.4 Å². The van der Waals surface area contributed by atoms with Crippen LogP contribution < -0.4 is 10.1 Å². The summed E-state index contributed by atoms with van der Waals surface area (Å²) < 4.78 is 5.33. The van der Waals surface area contributed by atoms with E-state index >= 15 is 0 Å². The van der Waals surface area contributed by atoms with E-state index in [0.29, 0.717) is 27.8 Å². The highest BCUT2D eigenvalue weighted by Gasteiger charge is 2.30. The molecule has 3 aromatic rings. The minimum absolute atomic E-state index is 0.0231. The molecule has 3 rings (SSSR count). The molecule has 33 heavy (non-hydrogen) atoms. The zero-order valence-electron chi connectivity index (χ0n) is 18.6. The zero-order valence-corrected chi connectivity index (χ0v) is 20.1. The largest absolute Gasteiger partial charge is 0.497 e. The Kier molecular flexibility index (Phi) is 8.75. The molecule has 0 spiro atoms. The van der Waals surface area contributed by atoms with Crippen molar-refractivity contribution in [3.63, 3.8) is 0 Å². The lowest BCUT2D eigenvalue weighted by molar-refractivity contribution is -0.140. The Morgan fingerprint density at radius 2 is 1.58 bits per heavy atom. The third-order valence-corrected chi connectivity index (χ3v) is 6.10. The first kappa shape index (κ1) is 24.6. The Morgan fingerprint density at radius 3 is 2.21 bits per heavy atom. The normalized spacial score (nSPS) is 11.5. The Labute approximate surface area is 204 Å². The Bertz CT molecular complexity index is 1090. The van der Waals surface area contributed by atoms with Crippen molar-refractivity contribution in [3.05, 3.63) is 99.5 Å². The van der Waals surface area contributed by atoms with Gasteiger partial charge in [-0.1, -0.05) is 71.7 Å². The average molecular weight is 485 g/mol. The highest BCUT2D eigenvalue weighted by Crippen LogP contribution is 2.26. The van der Waals surface area contributed by atoms with E-state index in [4.69, 9.17) is 27.9 Å². The summed E-state index contributed by atoms with van der Waals surface area (Å²) in [4.78, 5) is 28.2. The zero-order chi connectivity index (χ0) is 23.8. The molecule has 0 unspecified atom stereocenters. The molecule has 0 aliphatic carbocycles. The monoisotopic (exact) mass is 484 g/mol. The predicted molar refractivity (Wildman–Crippen MR) is 132 cm³/mol. The molecule has 0 aromatic heterocycles. The summed E-state index contributed by atoms with van der Waals surface area (Å²) in [5.74, 6) is 0.173. The minimum atomic E-state index is -0.725. The first-order valence-electron chi connectivity index (χ1n) is 10.5. The molecule has 0 radical (unpaired) electrons. The topological polar surface area (TPSA) is 58.6 Å². The third kappa shape index (κ3) is 6.50. The maximum atomic E-state index is 13.6. The lowest BCUT2D eigenvalue weighted by atomic mass is 10.0. The van der Waals surface area contributed by atoms with E-state index in [1.165, 1.54) is 0 Å². The molecular formula is C26H26Cl2N2O3. The highest BCUT2D eigenvalue weighted by atomic mass is 35.5. The van der Waals surface area contributed by atoms with Crippen LogP contribution in [0.25, 0.3) is 0 Å². The number of benzene rings is 3. The molecule has 1 atom stereocenters. The van der Waals surface area contributed by atoms with E-state index in [2.05, 4.69) is 5.32 Å². The second-order valence-corrected chi connectivity index (χ2v) is 8.38. The van der Waals surface area contributed by atoms with Crippen LogP contribution in [0.5, 0.6) is 5.75 Å². The minimum Gasteiger partial charge on any atom is -0.497 e. The van der Waals surface area contributed by atoms with E-state index in [-0.39, 0.29) is 24.8 Å². The molecular weight excluding hydrogens is 459 g/mol. The van der Waals surface area contributed by atoms with Gasteiger partial charge in [0, 0.05) is 30.1 Å². The van der Waals surface area contributed by atoms with Crippen LogP contribution in [0.1, 0.15) is 16.7 Å². The van der Waals surface area contributed by atoms with Crippen LogP contribution in [0.3, 0.4) is 0 Å². The smallest absolute Gasteiger partial charge is 0.242 e. The highest BCUT2D eigenvalue weighted by molar-refractivity contribution is 6.36. The fourth-order valence-corrected chi connectivity index (χ4v) is 4.17. The van der Waals surface area contributed by atoms with Gasteiger partial charge in [-0.05, 0) is 41.0 Å². The number of nitrogens with one attached hydrogen (secondary N) is 1. The number of ether oxygens (including phenoxy) is 1. The van der Waals surface area contributed by atoms with Gasteiger partial charge in [0.2, 0.25) is 11.8 Å². The third-order valence-electron chi connectivity index (χ3n) is 5.39. The molecule has 0 aliphatic rings. The number of rotatable bonds is 9. The summed E-state index contributed by atoms with van der Waals surface area (Å²) in [6.45, 7) is 0.225. The summed E-state index contributed by atoms with van der Waals surface area (Å²) in [5, 5.41) is 3.53. The van der Waals surface area contributed by atoms with E-state index in [9.17, 15) is 9.59 Å². The van der Waals surface area contributed by atoms with Gasteiger partial charge in [0.15, 0.2) is 0 Å². The van der Waals surface area contributed by atoms with Gasteiger partial charge in [-0.3, -0.25) is 9.59 Å². The Morgan fingerprint density at radius 1 is 0.939 bits per heavy atom. The van der Waals surface area contributed by atoms with Crippen LogP contribution in [0.4, 0.5) is 0 Å². The average Bonchev–Trinajstić information content (AvgIpc) is 2.83. The van der Waals surface area contributed by atoms with Crippen LogP contribution in [0.2, 0.25) is 10.0 Å². The lowest BCUT2D eigenvalue weighted by Gasteiger charge is -2.31. The van der Waals surface area contributed by atoms with Gasteiger partial charge in [0.05, 0.1) is 13.5 Å². The van der Waals surface area contributed by atoms with Gasteiger partial charge in [0.1, 0.15) is 11.8 Å². The lowest BCUT2D eigenvalue weighted by Crippen LogP contribution is -2.50. The molecule has 0 bridgehead atoms. The summed E-state index contributed by atoms with van der Waals surface area (Å²) in [7, 11) is 3.16. The van der Waals surface area contributed by atoms with E-state index < -0.39 is 6.04 Å². The van der Waals surface area contributed by atoms with E-state index in [1.807, 2.05) is 54.6 Å². The number of nitrogens with zero attached hydrogens (tertiary/aromatic N) is 1. The second-order valence-electron chi connectivity index (χ2n) is 7.57. The number of methoxy groups -OCH3 is 1. The maximum absolute atomic E-state index is 13.6. The number of hydrogen-bond donors (Lipinski definition) is 1. The molecule has 7 heteroatoms. The van der Waals surface area contributed by atoms with Crippen molar-refractivity contribution >= 4 is 35.0 Å². The first-order chi connectivity index (χ1) is 15.9. The molecule has 5 nitrogen and oxygen atoms in total. The Hall–Kier alpha value is -3.02. The number of amides is 2. The standard InChI is InChI=1S/C26H26Cl2N2O3/c1-29-26(32)24(15-18-8-4-3-5-9-18)30(17-19-10-6-11-20(14-19)33-2)25(31)16-21-22(27)12-7-13-23(21)28/h3-14,24H,15-17H2,1-2H3,(H,29,32)/t24-/m1/s1. The quantitative estimate of drug-likeness (QED) is 0.468. The van der Waals surface area contributed by atoms with Gasteiger partial charge >= 0.3 is 0 Å². The Balaban J connectivity index is 1.99. The SMILES string of the molecule is CNC(=O)[C@@H](Cc1ccccc1)N(Cc1cccc(OC)c1)C(=O)Cc1c(Cl)cccc1Cl. The number of carbonyl (C=O) groups excluding carboxylic acids is 2. The van der Waals surface area contributed by atoms with Gasteiger partial charge < -0.3 is 15.0 Å². The number of halogens is 2. The second kappa shape index (κ2) is 11.7. The molecule has 0 fully saturated rings. The summed E-state index contributed by atoms with van der Waals surface area (Å²) in [6, 6.07) is 21.5. The van der Waals surface area contributed by atoms with Crippen LogP contribution in [0.15, 0.2) is 72.8 Å². The fraction of sp³-hybridized carbons (Fsp3) is 0.231. The van der Waals surface area contributed by atoms with Gasteiger partial charge in [-0.15, -0.1) is 0 Å². The van der Waals surface area contributed by atoms with Crippen molar-refractivity contribution < 1.29 is 14.3 Å². The molecule has 3 aromatic carbocycles. The number of likely N-dealkylation sites (N-methyl/N-ethyl adjacent to an activating group) is 1. The van der Waals surface area contributed by atoms with Crippen molar-refractivity contribution in [3.8, 4) is 5.75 Å². The van der Waals surface area contributed by atoms with Crippen LogP contribution >= 0.6 is 23.2 Å². The van der Waals surface area contributed by atoms with Crippen molar-refractivity contribution in [2.24, 2.45) is 0 Å². The maximum Gasteiger partial charge on any atom is 0.242 e. The van der Waals surface area contributed by atoms with Crippen LogP contribution in [-0.2, 0) is 29.0 Å². The van der Waals surface area contributed by atoms with Crippen LogP contribution in [-0.4, -0.2) is 36.9 Å². The van der Waals surface area contributed by atoms with Crippen molar-refractivity contribution in [1.29, 1.82) is 0 Å². The molecule has 0 saturated heterocycles. The first-order valence-corrected chi connectivity index (χ1v) is 11.3. The van der Waals surface area contributed by atoms with E-state index in [0.717, 1.165) is 11.1 Å². The number of carbonyl (C=O) groups is 2. The van der Waals surface area contributed by atoms with Crippen LogP contribution in [0, 0.1) is 0 Å². The molecule has 0 heterocycles. The van der Waals surface area contributed by atoms with Crippen molar-refractivity contribution in [1.82, 2.24) is 10.2 Å². The molecule has 172 valence electrons. The van der Waals surface area contributed by atoms with E-state index in [1.54, 1.807) is 37.3 Å². The van der Waals surface area contributed by atoms with Gasteiger partial charge in [0.25, 0.3) is 0 Å². The predicted octanol–water partition coefficient (Wildman–Crippen LogP) is 4.93. The molecule has 0 saturated carbocycles. The summed E-state index contributed by atoms with van der Waals surface area (Å²) in [6.07, 6.45) is 0.344. The van der Waals surface area contributed by atoms with Gasteiger partial charge in [-0.2, -0.15) is 0 Å². The van der Waals surface area contributed by atoms with Gasteiger partial charge in [-0.25, -0.2) is 0 Å². The fourth-order valence-electron chi connectivity index (χ4n) is 3.64. The number of hydrogen-bond acceptors (Lipinski definition) is 3. The summed E-state index contributed by atoms with van der Waals surface area (Å²) in [5.41, 5.74) is 2.33.